The monoisotopic (exact) mass is 497 g/mol. The SMILES string of the molecule is COC(=O)c1c(CSc2n[nH]c(=O)n2-c2ccc(Br)cc2Cl)nn2c1CCCC2. The normalized spacial score (nSPS) is 13.3. The van der Waals surface area contributed by atoms with Crippen molar-refractivity contribution in [3.8, 4) is 5.69 Å². The van der Waals surface area contributed by atoms with Crippen molar-refractivity contribution >= 4 is 45.3 Å². The fraction of sp³-hybridized carbons (Fsp3) is 0.333. The molecule has 0 saturated heterocycles. The van der Waals surface area contributed by atoms with Gasteiger partial charge in [0, 0.05) is 16.8 Å². The van der Waals surface area contributed by atoms with Crippen LogP contribution < -0.4 is 5.69 Å². The molecule has 3 aromatic rings. The van der Waals surface area contributed by atoms with Crippen LogP contribution in [0.3, 0.4) is 0 Å². The number of halogens is 2. The lowest BCUT2D eigenvalue weighted by atomic mass is 10.1. The first-order valence-electron chi connectivity index (χ1n) is 8.92. The molecule has 152 valence electrons. The molecular formula is C18H17BrClN5O3S. The molecule has 8 nitrogen and oxygen atoms in total. The van der Waals surface area contributed by atoms with E-state index in [0.717, 1.165) is 36.0 Å². The van der Waals surface area contributed by atoms with Crippen molar-refractivity contribution < 1.29 is 9.53 Å². The summed E-state index contributed by atoms with van der Waals surface area (Å²) < 4.78 is 9.08. The molecule has 1 N–H and O–H groups in total. The number of esters is 1. The van der Waals surface area contributed by atoms with E-state index in [1.165, 1.54) is 23.4 Å². The summed E-state index contributed by atoms with van der Waals surface area (Å²) in [4.78, 5) is 24.7. The summed E-state index contributed by atoms with van der Waals surface area (Å²) in [5, 5.41) is 12.0. The zero-order valence-corrected chi connectivity index (χ0v) is 18.6. The summed E-state index contributed by atoms with van der Waals surface area (Å²) in [6.07, 6.45) is 2.84. The smallest absolute Gasteiger partial charge is 0.348 e. The average Bonchev–Trinajstić information content (AvgIpc) is 3.26. The van der Waals surface area contributed by atoms with Gasteiger partial charge in [0.2, 0.25) is 0 Å². The highest BCUT2D eigenvalue weighted by Crippen LogP contribution is 2.30. The molecule has 1 aromatic carbocycles. The molecule has 0 amide bonds. The van der Waals surface area contributed by atoms with Crippen LogP contribution in [-0.4, -0.2) is 37.6 Å². The van der Waals surface area contributed by atoms with E-state index >= 15 is 0 Å². The second-order valence-electron chi connectivity index (χ2n) is 6.47. The second kappa shape index (κ2) is 8.37. The minimum Gasteiger partial charge on any atom is -0.465 e. The minimum absolute atomic E-state index is 0.364. The van der Waals surface area contributed by atoms with Gasteiger partial charge in [0.1, 0.15) is 5.56 Å². The molecular weight excluding hydrogens is 482 g/mol. The zero-order valence-electron chi connectivity index (χ0n) is 15.4. The maximum absolute atomic E-state index is 12.4. The molecule has 3 heterocycles. The van der Waals surface area contributed by atoms with Gasteiger partial charge in [-0.05, 0) is 37.5 Å². The molecule has 4 rings (SSSR count). The van der Waals surface area contributed by atoms with Gasteiger partial charge in [-0.25, -0.2) is 19.3 Å². The summed E-state index contributed by atoms with van der Waals surface area (Å²) >= 11 is 11.0. The Hall–Kier alpha value is -2.04. The molecule has 2 aromatic heterocycles. The van der Waals surface area contributed by atoms with E-state index in [1.807, 2.05) is 4.68 Å². The summed E-state index contributed by atoms with van der Waals surface area (Å²) in [5.41, 5.74) is 2.19. The van der Waals surface area contributed by atoms with Crippen molar-refractivity contribution in [2.24, 2.45) is 0 Å². The topological polar surface area (TPSA) is 94.8 Å². The number of thioether (sulfide) groups is 1. The molecule has 0 aliphatic carbocycles. The van der Waals surface area contributed by atoms with Gasteiger partial charge in [-0.15, -0.1) is 5.10 Å². The lowest BCUT2D eigenvalue weighted by Crippen LogP contribution is -2.16. The van der Waals surface area contributed by atoms with Gasteiger partial charge in [0.05, 0.1) is 29.2 Å². The van der Waals surface area contributed by atoms with Crippen LogP contribution in [0, 0.1) is 0 Å². The summed E-state index contributed by atoms with van der Waals surface area (Å²) in [6.45, 7) is 0.783. The number of nitrogens with one attached hydrogen (secondary N) is 1. The van der Waals surface area contributed by atoms with Gasteiger partial charge >= 0.3 is 11.7 Å². The van der Waals surface area contributed by atoms with Crippen LogP contribution in [0.25, 0.3) is 5.69 Å². The molecule has 0 fully saturated rings. The van der Waals surface area contributed by atoms with Crippen LogP contribution in [0.1, 0.15) is 34.6 Å². The number of fused-ring (bicyclic) bond motifs is 1. The molecule has 0 unspecified atom stereocenters. The van der Waals surface area contributed by atoms with Crippen LogP contribution in [0.5, 0.6) is 0 Å². The first-order valence-corrected chi connectivity index (χ1v) is 11.1. The Balaban J connectivity index is 1.67. The van der Waals surface area contributed by atoms with Crippen molar-refractivity contribution in [1.82, 2.24) is 24.5 Å². The van der Waals surface area contributed by atoms with Gasteiger partial charge in [-0.2, -0.15) is 5.10 Å². The van der Waals surface area contributed by atoms with Crippen molar-refractivity contribution in [1.29, 1.82) is 0 Å². The quantitative estimate of drug-likeness (QED) is 0.427. The maximum Gasteiger partial charge on any atom is 0.348 e. The van der Waals surface area contributed by atoms with Crippen LogP contribution >= 0.6 is 39.3 Å². The molecule has 29 heavy (non-hydrogen) atoms. The Bertz CT molecular complexity index is 1140. The van der Waals surface area contributed by atoms with Crippen LogP contribution in [-0.2, 0) is 23.5 Å². The van der Waals surface area contributed by atoms with Crippen molar-refractivity contribution in [3.05, 3.63) is 55.1 Å². The van der Waals surface area contributed by atoms with Gasteiger partial charge in [0.25, 0.3) is 0 Å². The summed E-state index contributed by atoms with van der Waals surface area (Å²) in [6, 6.07) is 5.25. The summed E-state index contributed by atoms with van der Waals surface area (Å²) in [5.74, 6) is -0.0257. The highest BCUT2D eigenvalue weighted by Gasteiger charge is 2.26. The van der Waals surface area contributed by atoms with Crippen LogP contribution in [0.15, 0.2) is 32.6 Å². The number of aromatic amines is 1. The van der Waals surface area contributed by atoms with Gasteiger partial charge in [-0.1, -0.05) is 39.3 Å². The molecule has 0 spiro atoms. The number of hydrogen-bond donors (Lipinski definition) is 1. The number of rotatable bonds is 5. The lowest BCUT2D eigenvalue weighted by Gasteiger charge is -2.13. The third-order valence-electron chi connectivity index (χ3n) is 4.68. The Morgan fingerprint density at radius 2 is 2.24 bits per heavy atom. The molecule has 1 aliphatic heterocycles. The van der Waals surface area contributed by atoms with Crippen molar-refractivity contribution in [2.75, 3.05) is 7.11 Å². The molecule has 0 radical (unpaired) electrons. The number of carbonyl (C=O) groups excluding carboxylic acids is 1. The van der Waals surface area contributed by atoms with E-state index in [9.17, 15) is 9.59 Å². The standard InChI is InChI=1S/C18H17BrClN5O3S/c1-28-16(26)15-12(23-24-7-3-2-4-14(15)24)9-29-18-22-21-17(27)25(18)13-6-5-10(19)8-11(13)20/h5-6,8H,2-4,7,9H2,1H3,(H,21,27). The van der Waals surface area contributed by atoms with E-state index in [2.05, 4.69) is 31.2 Å². The number of aromatic nitrogens is 5. The van der Waals surface area contributed by atoms with Crippen LogP contribution in [0.4, 0.5) is 0 Å². The number of methoxy groups -OCH3 is 1. The number of benzene rings is 1. The van der Waals surface area contributed by atoms with E-state index in [0.29, 0.717) is 32.9 Å². The molecule has 1 aliphatic rings. The third-order valence-corrected chi connectivity index (χ3v) is 6.43. The highest BCUT2D eigenvalue weighted by molar-refractivity contribution is 9.10. The number of hydrogen-bond acceptors (Lipinski definition) is 6. The first kappa shape index (κ1) is 20.2. The number of H-pyrrole nitrogens is 1. The largest absolute Gasteiger partial charge is 0.465 e. The average molecular weight is 499 g/mol. The zero-order chi connectivity index (χ0) is 20.5. The molecule has 0 bridgehead atoms. The summed E-state index contributed by atoms with van der Waals surface area (Å²) in [7, 11) is 1.37. The molecule has 0 saturated carbocycles. The number of carbonyl (C=O) groups is 1. The van der Waals surface area contributed by atoms with E-state index in [-0.39, 0.29) is 5.97 Å². The Morgan fingerprint density at radius 1 is 1.41 bits per heavy atom. The lowest BCUT2D eigenvalue weighted by molar-refractivity contribution is 0.0598. The Kier molecular flexibility index (Phi) is 5.84. The fourth-order valence-electron chi connectivity index (χ4n) is 3.37. The van der Waals surface area contributed by atoms with Gasteiger partial charge < -0.3 is 4.74 Å². The first-order chi connectivity index (χ1) is 14.0. The van der Waals surface area contributed by atoms with E-state index in [1.54, 1.807) is 18.2 Å². The van der Waals surface area contributed by atoms with Gasteiger partial charge in [-0.3, -0.25) is 4.68 Å². The third kappa shape index (κ3) is 3.88. The predicted molar refractivity (Wildman–Crippen MR) is 113 cm³/mol. The highest BCUT2D eigenvalue weighted by atomic mass is 79.9. The van der Waals surface area contributed by atoms with Crippen molar-refractivity contribution in [3.63, 3.8) is 0 Å². The van der Waals surface area contributed by atoms with Gasteiger partial charge in [0.15, 0.2) is 5.16 Å². The Labute approximate surface area is 183 Å². The van der Waals surface area contributed by atoms with E-state index < -0.39 is 5.69 Å². The minimum atomic E-state index is -0.394. The van der Waals surface area contributed by atoms with E-state index in [4.69, 9.17) is 16.3 Å². The maximum atomic E-state index is 12.4. The van der Waals surface area contributed by atoms with Crippen molar-refractivity contribution in [2.45, 2.75) is 36.7 Å². The number of nitrogens with zero attached hydrogens (tertiary/aromatic N) is 4. The number of aryl methyl sites for hydroxylation is 1. The van der Waals surface area contributed by atoms with Crippen LogP contribution in [0.2, 0.25) is 5.02 Å². The second-order valence-corrected chi connectivity index (χ2v) is 8.74. The molecule has 11 heteroatoms. The Morgan fingerprint density at radius 3 is 3.00 bits per heavy atom. The number of ether oxygens (including phenoxy) is 1. The molecule has 0 atom stereocenters. The predicted octanol–water partition coefficient (Wildman–Crippen LogP) is 3.59. The fourth-order valence-corrected chi connectivity index (χ4v) is 5.02.